The second-order valence-corrected chi connectivity index (χ2v) is 7.44. The van der Waals surface area contributed by atoms with Crippen molar-refractivity contribution < 1.29 is 33.3 Å². The third-order valence-corrected chi connectivity index (χ3v) is 5.57. The SMILES string of the molecule is CCOC(=O)c1ccc2c(c1)sc(=NC(=O)c1ccc3c(c1)OCO3)n2CC(=O)OC. The van der Waals surface area contributed by atoms with Crippen LogP contribution < -0.4 is 14.3 Å². The van der Waals surface area contributed by atoms with Crippen LogP contribution in [0.15, 0.2) is 41.4 Å². The standard InChI is InChI=1S/C21H18N2O7S/c1-3-28-20(26)13-4-6-14-17(9-13)31-21(23(14)10-18(24)27-2)22-19(25)12-5-7-15-16(8-12)30-11-29-15/h4-9H,3,10-11H2,1-2H3. The van der Waals surface area contributed by atoms with Gasteiger partial charge in [0.25, 0.3) is 5.91 Å². The Labute approximate surface area is 180 Å². The Kier molecular flexibility index (Phi) is 5.72. The zero-order chi connectivity index (χ0) is 22.0. The summed E-state index contributed by atoms with van der Waals surface area (Å²) in [5.41, 5.74) is 1.33. The Morgan fingerprint density at radius 1 is 1.10 bits per heavy atom. The number of esters is 2. The number of rotatable bonds is 5. The van der Waals surface area contributed by atoms with Crippen LogP contribution in [0.25, 0.3) is 10.2 Å². The maximum Gasteiger partial charge on any atom is 0.338 e. The van der Waals surface area contributed by atoms with Crippen molar-refractivity contribution in [1.29, 1.82) is 0 Å². The summed E-state index contributed by atoms with van der Waals surface area (Å²) in [7, 11) is 1.28. The number of amides is 1. The van der Waals surface area contributed by atoms with E-state index in [-0.39, 0.29) is 19.9 Å². The van der Waals surface area contributed by atoms with Crippen molar-refractivity contribution in [3.63, 3.8) is 0 Å². The first-order valence-electron chi connectivity index (χ1n) is 9.36. The zero-order valence-electron chi connectivity index (χ0n) is 16.7. The molecule has 2 heterocycles. The monoisotopic (exact) mass is 442 g/mol. The van der Waals surface area contributed by atoms with Crippen molar-refractivity contribution in [2.45, 2.75) is 13.5 Å². The Balaban J connectivity index is 1.78. The number of aromatic nitrogens is 1. The van der Waals surface area contributed by atoms with Crippen LogP contribution in [-0.4, -0.2) is 42.9 Å². The molecular weight excluding hydrogens is 424 g/mol. The molecule has 0 N–H and O–H groups in total. The van der Waals surface area contributed by atoms with Gasteiger partial charge in [-0.1, -0.05) is 11.3 Å². The fraction of sp³-hybridized carbons (Fsp3) is 0.238. The van der Waals surface area contributed by atoms with Gasteiger partial charge in [0.2, 0.25) is 6.79 Å². The van der Waals surface area contributed by atoms with Gasteiger partial charge in [0.05, 0.1) is 29.5 Å². The van der Waals surface area contributed by atoms with Crippen molar-refractivity contribution in [3.8, 4) is 11.5 Å². The van der Waals surface area contributed by atoms with Gasteiger partial charge in [-0.2, -0.15) is 4.99 Å². The first-order chi connectivity index (χ1) is 15.0. The lowest BCUT2D eigenvalue weighted by Gasteiger charge is -2.05. The summed E-state index contributed by atoms with van der Waals surface area (Å²) in [6, 6.07) is 9.73. The number of ether oxygens (including phenoxy) is 4. The number of nitrogens with zero attached hydrogens (tertiary/aromatic N) is 2. The maximum absolute atomic E-state index is 12.8. The van der Waals surface area contributed by atoms with Crippen molar-refractivity contribution in [2.24, 2.45) is 4.99 Å². The summed E-state index contributed by atoms with van der Waals surface area (Å²) in [6.07, 6.45) is 0. The molecule has 0 unspecified atom stereocenters. The summed E-state index contributed by atoms with van der Waals surface area (Å²) in [6.45, 7) is 1.95. The highest BCUT2D eigenvalue weighted by Crippen LogP contribution is 2.32. The lowest BCUT2D eigenvalue weighted by atomic mass is 10.2. The van der Waals surface area contributed by atoms with Gasteiger partial charge in [-0.05, 0) is 43.3 Å². The van der Waals surface area contributed by atoms with E-state index >= 15 is 0 Å². The summed E-state index contributed by atoms with van der Waals surface area (Å²) < 4.78 is 22.6. The van der Waals surface area contributed by atoms with Gasteiger partial charge in [-0.3, -0.25) is 9.59 Å². The van der Waals surface area contributed by atoms with Crippen LogP contribution in [0, 0.1) is 0 Å². The van der Waals surface area contributed by atoms with Crippen molar-refractivity contribution >= 4 is 39.4 Å². The number of methoxy groups -OCH3 is 1. The van der Waals surface area contributed by atoms with E-state index in [1.54, 1.807) is 47.9 Å². The fourth-order valence-corrected chi connectivity index (χ4v) is 4.09. The molecule has 0 bridgehead atoms. The van der Waals surface area contributed by atoms with Gasteiger partial charge in [0, 0.05) is 5.56 Å². The Bertz CT molecular complexity index is 1260. The molecule has 0 radical (unpaired) electrons. The maximum atomic E-state index is 12.8. The van der Waals surface area contributed by atoms with E-state index in [0.717, 1.165) is 0 Å². The molecule has 160 valence electrons. The second kappa shape index (κ2) is 8.60. The average Bonchev–Trinajstić information content (AvgIpc) is 3.37. The summed E-state index contributed by atoms with van der Waals surface area (Å²) in [5.74, 6) is -0.419. The molecule has 1 amide bonds. The predicted molar refractivity (Wildman–Crippen MR) is 110 cm³/mol. The number of benzene rings is 2. The Morgan fingerprint density at radius 3 is 2.65 bits per heavy atom. The molecule has 0 saturated heterocycles. The lowest BCUT2D eigenvalue weighted by Crippen LogP contribution is -2.22. The van der Waals surface area contributed by atoms with E-state index in [2.05, 4.69) is 4.99 Å². The molecule has 4 rings (SSSR count). The quantitative estimate of drug-likeness (QED) is 0.559. The van der Waals surface area contributed by atoms with E-state index in [1.807, 2.05) is 0 Å². The number of hydrogen-bond acceptors (Lipinski definition) is 8. The predicted octanol–water partition coefficient (Wildman–Crippen LogP) is 2.52. The Morgan fingerprint density at radius 2 is 1.87 bits per heavy atom. The van der Waals surface area contributed by atoms with E-state index in [0.29, 0.717) is 37.6 Å². The lowest BCUT2D eigenvalue weighted by molar-refractivity contribution is -0.141. The molecule has 1 aliphatic rings. The van der Waals surface area contributed by atoms with Crippen molar-refractivity contribution in [1.82, 2.24) is 4.57 Å². The minimum absolute atomic E-state index is 0.0996. The zero-order valence-corrected chi connectivity index (χ0v) is 17.6. The number of carbonyl (C=O) groups is 3. The van der Waals surface area contributed by atoms with Crippen molar-refractivity contribution in [2.75, 3.05) is 20.5 Å². The number of hydrogen-bond donors (Lipinski definition) is 0. The molecule has 0 aliphatic carbocycles. The van der Waals surface area contributed by atoms with Gasteiger partial charge in [-0.15, -0.1) is 0 Å². The largest absolute Gasteiger partial charge is 0.468 e. The highest BCUT2D eigenvalue weighted by Gasteiger charge is 2.18. The van der Waals surface area contributed by atoms with Crippen LogP contribution in [0.4, 0.5) is 0 Å². The molecule has 9 nitrogen and oxygen atoms in total. The molecule has 2 aromatic carbocycles. The van der Waals surface area contributed by atoms with Gasteiger partial charge >= 0.3 is 11.9 Å². The minimum Gasteiger partial charge on any atom is -0.468 e. The smallest absolute Gasteiger partial charge is 0.338 e. The first kappa shape index (κ1) is 20.6. The number of thiazole rings is 1. The van der Waals surface area contributed by atoms with Crippen LogP contribution in [0.1, 0.15) is 27.6 Å². The summed E-state index contributed by atoms with van der Waals surface area (Å²) >= 11 is 1.18. The molecule has 0 saturated carbocycles. The first-order valence-corrected chi connectivity index (χ1v) is 10.2. The van der Waals surface area contributed by atoms with Crippen LogP contribution in [0.2, 0.25) is 0 Å². The molecule has 10 heteroatoms. The van der Waals surface area contributed by atoms with E-state index < -0.39 is 17.8 Å². The highest BCUT2D eigenvalue weighted by atomic mass is 32.1. The second-order valence-electron chi connectivity index (χ2n) is 6.43. The van der Waals surface area contributed by atoms with Crippen molar-refractivity contribution in [3.05, 3.63) is 52.3 Å². The highest BCUT2D eigenvalue weighted by molar-refractivity contribution is 7.16. The number of fused-ring (bicyclic) bond motifs is 2. The third-order valence-electron chi connectivity index (χ3n) is 4.53. The van der Waals surface area contributed by atoms with Crippen LogP contribution in [0.3, 0.4) is 0 Å². The Hall–Kier alpha value is -3.66. The summed E-state index contributed by atoms with van der Waals surface area (Å²) in [5, 5.41) is 0. The molecule has 0 spiro atoms. The van der Waals surface area contributed by atoms with Crippen LogP contribution in [0.5, 0.6) is 11.5 Å². The normalized spacial score (nSPS) is 12.8. The van der Waals surface area contributed by atoms with E-state index in [4.69, 9.17) is 18.9 Å². The number of carbonyl (C=O) groups excluding carboxylic acids is 3. The fourth-order valence-electron chi connectivity index (χ4n) is 3.03. The topological polar surface area (TPSA) is 105 Å². The third kappa shape index (κ3) is 4.15. The molecule has 0 atom stereocenters. The molecule has 1 aliphatic heterocycles. The van der Waals surface area contributed by atoms with Gasteiger partial charge in [0.1, 0.15) is 6.54 Å². The molecule has 0 fully saturated rings. The molecule has 31 heavy (non-hydrogen) atoms. The molecule has 1 aromatic heterocycles. The van der Waals surface area contributed by atoms with Crippen LogP contribution >= 0.6 is 11.3 Å². The van der Waals surface area contributed by atoms with Crippen LogP contribution in [-0.2, 0) is 20.8 Å². The average molecular weight is 442 g/mol. The van der Waals surface area contributed by atoms with E-state index in [1.165, 1.54) is 18.4 Å². The minimum atomic E-state index is -0.505. The van der Waals surface area contributed by atoms with Gasteiger partial charge < -0.3 is 23.5 Å². The summed E-state index contributed by atoms with van der Waals surface area (Å²) in [4.78, 5) is 41.3. The van der Waals surface area contributed by atoms with E-state index in [9.17, 15) is 14.4 Å². The molecular formula is C21H18N2O7S. The van der Waals surface area contributed by atoms with Gasteiger partial charge in [-0.25, -0.2) is 4.79 Å². The molecule has 3 aromatic rings. The van der Waals surface area contributed by atoms with Gasteiger partial charge in [0.15, 0.2) is 16.3 Å².